The Labute approximate surface area is 77.0 Å². The monoisotopic (exact) mass is 180 g/mol. The van der Waals surface area contributed by atoms with Crippen molar-refractivity contribution >= 4 is 5.97 Å². The third kappa shape index (κ3) is 1.80. The van der Waals surface area contributed by atoms with Crippen LogP contribution < -0.4 is 4.74 Å². The first kappa shape index (κ1) is 9.58. The summed E-state index contributed by atoms with van der Waals surface area (Å²) >= 11 is 0. The molecule has 0 spiro atoms. The Morgan fingerprint density at radius 2 is 2.23 bits per heavy atom. The molecule has 0 saturated heterocycles. The van der Waals surface area contributed by atoms with Crippen molar-refractivity contribution in [2.75, 3.05) is 7.11 Å². The minimum Gasteiger partial charge on any atom is -0.496 e. The SMILES string of the molecule is CCc1c(OC)cccc1C(=O)O. The van der Waals surface area contributed by atoms with Crippen LogP contribution in [-0.4, -0.2) is 18.2 Å². The third-order valence-corrected chi connectivity index (χ3v) is 1.94. The summed E-state index contributed by atoms with van der Waals surface area (Å²) in [5.74, 6) is -0.266. The van der Waals surface area contributed by atoms with Gasteiger partial charge in [-0.3, -0.25) is 0 Å². The molecule has 1 aromatic rings. The molecule has 0 bridgehead atoms. The maximum atomic E-state index is 10.8. The van der Waals surface area contributed by atoms with Gasteiger partial charge in [-0.05, 0) is 18.6 Å². The van der Waals surface area contributed by atoms with E-state index in [1.165, 1.54) is 0 Å². The van der Waals surface area contributed by atoms with Crippen LogP contribution >= 0.6 is 0 Å². The molecule has 0 atom stereocenters. The first-order valence-electron chi connectivity index (χ1n) is 4.09. The second kappa shape index (κ2) is 3.94. The number of carbonyl (C=O) groups is 1. The van der Waals surface area contributed by atoms with Gasteiger partial charge in [0.2, 0.25) is 0 Å². The fourth-order valence-corrected chi connectivity index (χ4v) is 1.32. The van der Waals surface area contributed by atoms with E-state index in [2.05, 4.69) is 0 Å². The molecule has 0 aliphatic carbocycles. The van der Waals surface area contributed by atoms with Crippen LogP contribution in [0.3, 0.4) is 0 Å². The molecule has 3 nitrogen and oxygen atoms in total. The first-order valence-corrected chi connectivity index (χ1v) is 4.09. The fourth-order valence-electron chi connectivity index (χ4n) is 1.32. The second-order valence-corrected chi connectivity index (χ2v) is 2.65. The van der Waals surface area contributed by atoms with Crippen molar-refractivity contribution in [1.29, 1.82) is 0 Å². The second-order valence-electron chi connectivity index (χ2n) is 2.65. The van der Waals surface area contributed by atoms with E-state index < -0.39 is 5.97 Å². The maximum Gasteiger partial charge on any atom is 0.336 e. The number of rotatable bonds is 3. The number of carboxylic acids is 1. The zero-order valence-corrected chi connectivity index (χ0v) is 7.70. The number of aromatic carboxylic acids is 1. The highest BCUT2D eigenvalue weighted by Gasteiger charge is 2.11. The average Bonchev–Trinajstić information content (AvgIpc) is 2.16. The highest BCUT2D eigenvalue weighted by Crippen LogP contribution is 2.22. The molecule has 70 valence electrons. The molecule has 0 aromatic heterocycles. The number of hydrogen-bond acceptors (Lipinski definition) is 2. The van der Waals surface area contributed by atoms with E-state index in [4.69, 9.17) is 9.84 Å². The molecule has 0 unspecified atom stereocenters. The maximum absolute atomic E-state index is 10.8. The molecule has 0 amide bonds. The molecule has 0 aliphatic heterocycles. The van der Waals surface area contributed by atoms with Crippen LogP contribution in [-0.2, 0) is 6.42 Å². The van der Waals surface area contributed by atoms with Gasteiger partial charge in [0.1, 0.15) is 5.75 Å². The zero-order valence-electron chi connectivity index (χ0n) is 7.70. The molecule has 1 rings (SSSR count). The highest BCUT2D eigenvalue weighted by molar-refractivity contribution is 5.90. The minimum atomic E-state index is -0.907. The van der Waals surface area contributed by atoms with Crippen molar-refractivity contribution in [3.05, 3.63) is 29.3 Å². The van der Waals surface area contributed by atoms with E-state index in [9.17, 15) is 4.79 Å². The molecule has 0 aliphatic rings. The van der Waals surface area contributed by atoms with Crippen LogP contribution in [0.25, 0.3) is 0 Å². The number of carboxylic acid groups (broad SMARTS) is 1. The molecular formula is C10H12O3. The Bertz CT molecular complexity index is 318. The van der Waals surface area contributed by atoms with E-state index in [0.717, 1.165) is 5.56 Å². The average molecular weight is 180 g/mol. The summed E-state index contributed by atoms with van der Waals surface area (Å²) in [6.07, 6.45) is 0.658. The van der Waals surface area contributed by atoms with Gasteiger partial charge in [0, 0.05) is 5.56 Å². The van der Waals surface area contributed by atoms with Gasteiger partial charge in [0.05, 0.1) is 12.7 Å². The Morgan fingerprint density at radius 3 is 2.69 bits per heavy atom. The molecule has 0 saturated carbocycles. The Hall–Kier alpha value is -1.51. The van der Waals surface area contributed by atoms with E-state index >= 15 is 0 Å². The standard InChI is InChI=1S/C10H12O3/c1-3-7-8(10(11)12)5-4-6-9(7)13-2/h4-6H,3H2,1-2H3,(H,11,12). The number of hydrogen-bond donors (Lipinski definition) is 1. The normalized spacial score (nSPS) is 9.69. The predicted octanol–water partition coefficient (Wildman–Crippen LogP) is 1.96. The summed E-state index contributed by atoms with van der Waals surface area (Å²) in [5.41, 5.74) is 1.07. The van der Waals surface area contributed by atoms with Crippen molar-refractivity contribution in [2.45, 2.75) is 13.3 Å². The van der Waals surface area contributed by atoms with E-state index in [0.29, 0.717) is 17.7 Å². The van der Waals surface area contributed by atoms with Gasteiger partial charge in [0.15, 0.2) is 0 Å². The fraction of sp³-hybridized carbons (Fsp3) is 0.300. The first-order chi connectivity index (χ1) is 6.20. The molecule has 0 fully saturated rings. The van der Waals surface area contributed by atoms with E-state index in [-0.39, 0.29) is 0 Å². The number of methoxy groups -OCH3 is 1. The topological polar surface area (TPSA) is 46.5 Å². The lowest BCUT2D eigenvalue weighted by atomic mass is 10.0. The summed E-state index contributed by atoms with van der Waals surface area (Å²) < 4.78 is 5.06. The summed E-state index contributed by atoms with van der Waals surface area (Å²) in [4.78, 5) is 10.8. The molecule has 1 aromatic carbocycles. The van der Waals surface area contributed by atoms with E-state index in [1.54, 1.807) is 25.3 Å². The molecule has 3 heteroatoms. The zero-order chi connectivity index (χ0) is 9.84. The minimum absolute atomic E-state index is 0.321. The lowest BCUT2D eigenvalue weighted by Crippen LogP contribution is -2.03. The van der Waals surface area contributed by atoms with Gasteiger partial charge in [-0.2, -0.15) is 0 Å². The van der Waals surface area contributed by atoms with Crippen molar-refractivity contribution in [3.63, 3.8) is 0 Å². The van der Waals surface area contributed by atoms with Crippen LogP contribution in [0.5, 0.6) is 5.75 Å². The summed E-state index contributed by atoms with van der Waals surface area (Å²) in [6.45, 7) is 1.91. The van der Waals surface area contributed by atoms with Gasteiger partial charge >= 0.3 is 5.97 Å². The van der Waals surface area contributed by atoms with E-state index in [1.807, 2.05) is 6.92 Å². The summed E-state index contributed by atoms with van der Waals surface area (Å²) in [5, 5.41) is 8.86. The largest absolute Gasteiger partial charge is 0.496 e. The Morgan fingerprint density at radius 1 is 1.54 bits per heavy atom. The van der Waals surface area contributed by atoms with Crippen LogP contribution in [0.1, 0.15) is 22.8 Å². The number of ether oxygens (including phenoxy) is 1. The summed E-state index contributed by atoms with van der Waals surface area (Å²) in [6, 6.07) is 5.04. The Balaban J connectivity index is 3.27. The highest BCUT2D eigenvalue weighted by atomic mass is 16.5. The molecule has 13 heavy (non-hydrogen) atoms. The van der Waals surface area contributed by atoms with Gasteiger partial charge in [0.25, 0.3) is 0 Å². The molecule has 0 heterocycles. The van der Waals surface area contributed by atoms with Crippen LogP contribution in [0.15, 0.2) is 18.2 Å². The van der Waals surface area contributed by atoms with Crippen LogP contribution in [0.2, 0.25) is 0 Å². The van der Waals surface area contributed by atoms with Gasteiger partial charge in [-0.15, -0.1) is 0 Å². The van der Waals surface area contributed by atoms with Crippen LogP contribution in [0, 0.1) is 0 Å². The van der Waals surface area contributed by atoms with Crippen molar-refractivity contribution < 1.29 is 14.6 Å². The van der Waals surface area contributed by atoms with Gasteiger partial charge < -0.3 is 9.84 Å². The predicted molar refractivity (Wildman–Crippen MR) is 49.3 cm³/mol. The molecular weight excluding hydrogens is 168 g/mol. The van der Waals surface area contributed by atoms with Gasteiger partial charge in [-0.1, -0.05) is 13.0 Å². The summed E-state index contributed by atoms with van der Waals surface area (Å²) in [7, 11) is 1.54. The Kier molecular flexibility index (Phi) is 2.90. The molecule has 1 N–H and O–H groups in total. The van der Waals surface area contributed by atoms with Crippen LogP contribution in [0.4, 0.5) is 0 Å². The number of benzene rings is 1. The third-order valence-electron chi connectivity index (χ3n) is 1.94. The quantitative estimate of drug-likeness (QED) is 0.773. The molecule has 0 radical (unpaired) electrons. The van der Waals surface area contributed by atoms with Crippen molar-refractivity contribution in [2.24, 2.45) is 0 Å². The lowest BCUT2D eigenvalue weighted by Gasteiger charge is -2.08. The smallest absolute Gasteiger partial charge is 0.336 e. The van der Waals surface area contributed by atoms with Crippen molar-refractivity contribution in [3.8, 4) is 5.75 Å². The lowest BCUT2D eigenvalue weighted by molar-refractivity contribution is 0.0695. The van der Waals surface area contributed by atoms with Gasteiger partial charge in [-0.25, -0.2) is 4.79 Å². The van der Waals surface area contributed by atoms with Crippen molar-refractivity contribution in [1.82, 2.24) is 0 Å².